The standard InChI is InChI=1S/C16H22N2O2/c1-19-12-6-8-18(9-7-12)11-14-13-4-2-3-5-15(13)20-16(14)10-17/h2-5,12H,6-11,17H2,1H3. The lowest BCUT2D eigenvalue weighted by atomic mass is 10.1. The molecule has 20 heavy (non-hydrogen) atoms. The van der Waals surface area contributed by atoms with Crippen molar-refractivity contribution in [2.45, 2.75) is 32.0 Å². The van der Waals surface area contributed by atoms with Crippen LogP contribution in [0.15, 0.2) is 28.7 Å². The Kier molecular flexibility index (Phi) is 4.05. The van der Waals surface area contributed by atoms with Crippen LogP contribution in [0.2, 0.25) is 0 Å². The topological polar surface area (TPSA) is 51.6 Å². The summed E-state index contributed by atoms with van der Waals surface area (Å²) in [6, 6.07) is 8.18. The minimum atomic E-state index is 0.418. The van der Waals surface area contributed by atoms with Gasteiger partial charge in [-0.2, -0.15) is 0 Å². The molecule has 0 aliphatic carbocycles. The summed E-state index contributed by atoms with van der Waals surface area (Å²) < 4.78 is 11.3. The molecular formula is C16H22N2O2. The summed E-state index contributed by atoms with van der Waals surface area (Å²) >= 11 is 0. The Bertz CT molecular complexity index is 571. The molecule has 2 N–H and O–H groups in total. The molecule has 0 amide bonds. The maximum absolute atomic E-state index is 5.86. The number of nitrogens with two attached hydrogens (primary N) is 1. The summed E-state index contributed by atoms with van der Waals surface area (Å²) in [5.41, 5.74) is 8.02. The highest BCUT2D eigenvalue weighted by Crippen LogP contribution is 2.28. The van der Waals surface area contributed by atoms with Gasteiger partial charge in [-0.05, 0) is 18.9 Å². The number of furan rings is 1. The van der Waals surface area contributed by atoms with Crippen LogP contribution >= 0.6 is 0 Å². The SMILES string of the molecule is COC1CCN(Cc2c(CN)oc3ccccc23)CC1. The zero-order valence-corrected chi connectivity index (χ0v) is 12.0. The average Bonchev–Trinajstić information content (AvgIpc) is 2.86. The van der Waals surface area contributed by atoms with Crippen LogP contribution in [0, 0.1) is 0 Å². The Labute approximate surface area is 119 Å². The van der Waals surface area contributed by atoms with Crippen molar-refractivity contribution in [2.75, 3.05) is 20.2 Å². The highest BCUT2D eigenvalue weighted by atomic mass is 16.5. The number of rotatable bonds is 4. The van der Waals surface area contributed by atoms with E-state index in [1.165, 1.54) is 10.9 Å². The van der Waals surface area contributed by atoms with E-state index in [0.717, 1.165) is 43.8 Å². The van der Waals surface area contributed by atoms with Crippen molar-refractivity contribution in [3.8, 4) is 0 Å². The maximum atomic E-state index is 5.86. The van der Waals surface area contributed by atoms with Crippen molar-refractivity contribution in [3.63, 3.8) is 0 Å². The monoisotopic (exact) mass is 274 g/mol. The maximum Gasteiger partial charge on any atom is 0.134 e. The summed E-state index contributed by atoms with van der Waals surface area (Å²) in [5.74, 6) is 0.917. The molecule has 0 spiro atoms. The second-order valence-electron chi connectivity index (χ2n) is 5.42. The number of fused-ring (bicyclic) bond motifs is 1. The number of para-hydroxylation sites is 1. The zero-order valence-electron chi connectivity index (χ0n) is 12.0. The Morgan fingerprint density at radius 3 is 2.75 bits per heavy atom. The van der Waals surface area contributed by atoms with Crippen LogP contribution in [0.5, 0.6) is 0 Å². The molecule has 0 bridgehead atoms. The fourth-order valence-electron chi connectivity index (χ4n) is 3.01. The minimum absolute atomic E-state index is 0.418. The van der Waals surface area contributed by atoms with Crippen LogP contribution in [0.4, 0.5) is 0 Å². The summed E-state index contributed by atoms with van der Waals surface area (Å²) in [5, 5.41) is 1.20. The summed E-state index contributed by atoms with van der Waals surface area (Å²) in [6.45, 7) is 3.52. The summed E-state index contributed by atoms with van der Waals surface area (Å²) in [6.07, 6.45) is 2.62. The molecule has 0 unspecified atom stereocenters. The molecule has 2 heterocycles. The van der Waals surface area contributed by atoms with Gasteiger partial charge < -0.3 is 14.9 Å². The predicted molar refractivity (Wildman–Crippen MR) is 79.4 cm³/mol. The largest absolute Gasteiger partial charge is 0.459 e. The van der Waals surface area contributed by atoms with Gasteiger partial charge in [-0.3, -0.25) is 4.90 Å². The third-order valence-corrected chi connectivity index (χ3v) is 4.22. The molecular weight excluding hydrogens is 252 g/mol. The highest BCUT2D eigenvalue weighted by Gasteiger charge is 2.21. The van der Waals surface area contributed by atoms with Crippen LogP contribution < -0.4 is 5.73 Å². The molecule has 1 fully saturated rings. The smallest absolute Gasteiger partial charge is 0.134 e. The Morgan fingerprint density at radius 2 is 2.05 bits per heavy atom. The molecule has 1 aromatic carbocycles. The van der Waals surface area contributed by atoms with E-state index in [0.29, 0.717) is 12.6 Å². The number of ether oxygens (including phenoxy) is 1. The second-order valence-corrected chi connectivity index (χ2v) is 5.42. The fraction of sp³-hybridized carbons (Fsp3) is 0.500. The molecule has 0 radical (unpaired) electrons. The van der Waals surface area contributed by atoms with Crippen LogP contribution in [0.3, 0.4) is 0 Å². The number of piperidine rings is 1. The number of methoxy groups -OCH3 is 1. The third kappa shape index (κ3) is 2.59. The summed E-state index contributed by atoms with van der Waals surface area (Å²) in [4.78, 5) is 2.46. The van der Waals surface area contributed by atoms with Gasteiger partial charge >= 0.3 is 0 Å². The lowest BCUT2D eigenvalue weighted by molar-refractivity contribution is 0.0388. The van der Waals surface area contributed by atoms with Crippen LogP contribution in [0.25, 0.3) is 11.0 Å². The van der Waals surface area contributed by atoms with E-state index < -0.39 is 0 Å². The Balaban J connectivity index is 1.80. The van der Waals surface area contributed by atoms with E-state index in [1.54, 1.807) is 7.11 Å². The first-order valence-electron chi connectivity index (χ1n) is 7.26. The first kappa shape index (κ1) is 13.6. The van der Waals surface area contributed by atoms with Gasteiger partial charge in [-0.1, -0.05) is 18.2 Å². The van der Waals surface area contributed by atoms with Crippen molar-refractivity contribution in [2.24, 2.45) is 5.73 Å². The van der Waals surface area contributed by atoms with E-state index in [2.05, 4.69) is 17.0 Å². The number of hydrogen-bond acceptors (Lipinski definition) is 4. The van der Waals surface area contributed by atoms with E-state index in [-0.39, 0.29) is 0 Å². The number of likely N-dealkylation sites (tertiary alicyclic amines) is 1. The normalized spacial score (nSPS) is 17.9. The van der Waals surface area contributed by atoms with E-state index >= 15 is 0 Å². The van der Waals surface area contributed by atoms with Crippen molar-refractivity contribution in [1.29, 1.82) is 0 Å². The first-order chi connectivity index (χ1) is 9.81. The van der Waals surface area contributed by atoms with Gasteiger partial charge in [0.2, 0.25) is 0 Å². The van der Waals surface area contributed by atoms with Gasteiger partial charge in [-0.15, -0.1) is 0 Å². The van der Waals surface area contributed by atoms with Crippen molar-refractivity contribution < 1.29 is 9.15 Å². The van der Waals surface area contributed by atoms with E-state index in [1.807, 2.05) is 12.1 Å². The quantitative estimate of drug-likeness (QED) is 0.930. The van der Waals surface area contributed by atoms with Crippen molar-refractivity contribution in [1.82, 2.24) is 4.90 Å². The Hall–Kier alpha value is -1.36. The van der Waals surface area contributed by atoms with Crippen molar-refractivity contribution in [3.05, 3.63) is 35.6 Å². The molecule has 2 aromatic rings. The number of hydrogen-bond donors (Lipinski definition) is 1. The molecule has 3 rings (SSSR count). The lowest BCUT2D eigenvalue weighted by Crippen LogP contribution is -2.36. The van der Waals surface area contributed by atoms with Crippen LogP contribution in [-0.4, -0.2) is 31.2 Å². The highest BCUT2D eigenvalue weighted by molar-refractivity contribution is 5.82. The second kappa shape index (κ2) is 5.95. The van der Waals surface area contributed by atoms with Crippen LogP contribution in [0.1, 0.15) is 24.2 Å². The summed E-state index contributed by atoms with van der Waals surface area (Å²) in [7, 11) is 1.80. The zero-order chi connectivity index (χ0) is 13.9. The van der Waals surface area contributed by atoms with E-state index in [4.69, 9.17) is 14.9 Å². The van der Waals surface area contributed by atoms with Gasteiger partial charge in [0.25, 0.3) is 0 Å². The molecule has 108 valence electrons. The number of benzene rings is 1. The molecule has 1 aromatic heterocycles. The molecule has 4 nitrogen and oxygen atoms in total. The fourth-order valence-corrected chi connectivity index (χ4v) is 3.01. The molecule has 1 saturated heterocycles. The molecule has 1 aliphatic heterocycles. The third-order valence-electron chi connectivity index (χ3n) is 4.22. The average molecular weight is 274 g/mol. The van der Waals surface area contributed by atoms with Crippen LogP contribution in [-0.2, 0) is 17.8 Å². The Morgan fingerprint density at radius 1 is 1.30 bits per heavy atom. The van der Waals surface area contributed by atoms with Gasteiger partial charge in [0, 0.05) is 37.7 Å². The van der Waals surface area contributed by atoms with Gasteiger partial charge in [0.1, 0.15) is 11.3 Å². The van der Waals surface area contributed by atoms with E-state index in [9.17, 15) is 0 Å². The van der Waals surface area contributed by atoms with Gasteiger partial charge in [0.05, 0.1) is 12.6 Å². The first-order valence-corrected chi connectivity index (χ1v) is 7.26. The predicted octanol–water partition coefficient (Wildman–Crippen LogP) is 2.50. The molecule has 0 saturated carbocycles. The minimum Gasteiger partial charge on any atom is -0.459 e. The lowest BCUT2D eigenvalue weighted by Gasteiger charge is -2.31. The molecule has 0 atom stereocenters. The van der Waals surface area contributed by atoms with Crippen molar-refractivity contribution >= 4 is 11.0 Å². The number of nitrogens with zero attached hydrogens (tertiary/aromatic N) is 1. The van der Waals surface area contributed by atoms with Gasteiger partial charge in [0.15, 0.2) is 0 Å². The molecule has 4 heteroatoms. The molecule has 1 aliphatic rings. The van der Waals surface area contributed by atoms with Gasteiger partial charge in [-0.25, -0.2) is 0 Å².